The maximum absolute atomic E-state index is 12.0. The molecule has 2 N–H and O–H groups in total. The highest BCUT2D eigenvalue weighted by Crippen LogP contribution is 2.15. The molecule has 0 bridgehead atoms. The molecular weight excluding hydrogens is 278 g/mol. The third kappa shape index (κ3) is 8.04. The molecule has 0 unspecified atom stereocenters. The van der Waals surface area contributed by atoms with E-state index in [0.717, 1.165) is 52.0 Å². The summed E-state index contributed by atoms with van der Waals surface area (Å²) >= 11 is 0. The van der Waals surface area contributed by atoms with Gasteiger partial charge in [0.2, 0.25) is 5.91 Å². The van der Waals surface area contributed by atoms with Crippen LogP contribution in [-0.4, -0.2) is 63.8 Å². The van der Waals surface area contributed by atoms with Crippen LogP contribution < -0.4 is 10.6 Å². The van der Waals surface area contributed by atoms with E-state index >= 15 is 0 Å². The van der Waals surface area contributed by atoms with E-state index in [0.29, 0.717) is 6.04 Å². The summed E-state index contributed by atoms with van der Waals surface area (Å²) in [4.78, 5) is 14.2. The summed E-state index contributed by atoms with van der Waals surface area (Å²) in [5, 5.41) is 6.43. The van der Waals surface area contributed by atoms with Gasteiger partial charge >= 0.3 is 0 Å². The smallest absolute Gasteiger partial charge is 0.223 e. The number of methoxy groups -OCH3 is 1. The van der Waals surface area contributed by atoms with Crippen LogP contribution in [0.5, 0.6) is 0 Å². The molecule has 1 aliphatic rings. The highest BCUT2D eigenvalue weighted by molar-refractivity contribution is 5.85. The summed E-state index contributed by atoms with van der Waals surface area (Å²) in [5.74, 6) is 0.426. The first-order chi connectivity index (χ1) is 9.13. The van der Waals surface area contributed by atoms with E-state index in [2.05, 4.69) is 29.5 Å². The fourth-order valence-electron chi connectivity index (χ4n) is 2.43. The van der Waals surface area contributed by atoms with Gasteiger partial charge < -0.3 is 20.3 Å². The number of amides is 1. The molecule has 20 heavy (non-hydrogen) atoms. The Morgan fingerprint density at radius 2 is 2.20 bits per heavy atom. The monoisotopic (exact) mass is 307 g/mol. The molecule has 1 heterocycles. The van der Waals surface area contributed by atoms with Gasteiger partial charge in [0.15, 0.2) is 0 Å². The number of rotatable bonds is 8. The Kier molecular flexibility index (Phi) is 11.1. The second-order valence-corrected chi connectivity index (χ2v) is 5.52. The van der Waals surface area contributed by atoms with Crippen molar-refractivity contribution >= 4 is 18.3 Å². The molecule has 0 aromatic carbocycles. The molecule has 0 spiro atoms. The van der Waals surface area contributed by atoms with Gasteiger partial charge in [-0.15, -0.1) is 12.4 Å². The molecule has 0 aromatic heterocycles. The summed E-state index contributed by atoms with van der Waals surface area (Å²) in [7, 11) is 3.80. The number of piperidine rings is 1. The Morgan fingerprint density at radius 3 is 2.85 bits per heavy atom. The van der Waals surface area contributed by atoms with Gasteiger partial charge in [-0.2, -0.15) is 0 Å². The fourth-order valence-corrected chi connectivity index (χ4v) is 2.43. The van der Waals surface area contributed by atoms with Crippen molar-refractivity contribution in [1.82, 2.24) is 15.5 Å². The molecule has 5 nitrogen and oxygen atoms in total. The topological polar surface area (TPSA) is 53.6 Å². The Morgan fingerprint density at radius 1 is 1.45 bits per heavy atom. The van der Waals surface area contributed by atoms with Crippen molar-refractivity contribution in [2.24, 2.45) is 5.92 Å². The molecule has 1 saturated heterocycles. The molecule has 1 fully saturated rings. The van der Waals surface area contributed by atoms with Gasteiger partial charge in [0, 0.05) is 32.2 Å². The van der Waals surface area contributed by atoms with E-state index in [1.54, 1.807) is 7.11 Å². The lowest BCUT2D eigenvalue weighted by molar-refractivity contribution is -0.126. The summed E-state index contributed by atoms with van der Waals surface area (Å²) < 4.78 is 5.03. The standard InChI is InChI=1S/C14H29N3O2.ClH/c1-12-11-13(5-7-15-12)14(18)16-6-4-8-17(2)9-10-19-3;/h12-13,15H,4-11H2,1-3H3,(H,16,18);1H/t12-,13-;/m0./s1. The molecule has 1 aliphatic heterocycles. The molecule has 1 rings (SSSR count). The van der Waals surface area contributed by atoms with Crippen LogP contribution in [0.4, 0.5) is 0 Å². The highest BCUT2D eigenvalue weighted by atomic mass is 35.5. The zero-order chi connectivity index (χ0) is 14.1. The molecule has 0 saturated carbocycles. The Labute approximate surface area is 129 Å². The van der Waals surface area contributed by atoms with E-state index in [4.69, 9.17) is 4.74 Å². The number of nitrogens with zero attached hydrogens (tertiary/aromatic N) is 1. The minimum Gasteiger partial charge on any atom is -0.383 e. The minimum absolute atomic E-state index is 0. The Balaban J connectivity index is 0.00000361. The maximum Gasteiger partial charge on any atom is 0.223 e. The number of carbonyl (C=O) groups is 1. The maximum atomic E-state index is 12.0. The van der Waals surface area contributed by atoms with Crippen molar-refractivity contribution < 1.29 is 9.53 Å². The van der Waals surface area contributed by atoms with Crippen molar-refractivity contribution in [2.45, 2.75) is 32.2 Å². The van der Waals surface area contributed by atoms with Gasteiger partial charge in [0.25, 0.3) is 0 Å². The number of hydrogen-bond acceptors (Lipinski definition) is 4. The summed E-state index contributed by atoms with van der Waals surface area (Å²) in [6.45, 7) is 6.57. The van der Waals surface area contributed by atoms with Gasteiger partial charge in [0.1, 0.15) is 0 Å². The number of halogens is 1. The van der Waals surface area contributed by atoms with Crippen molar-refractivity contribution in [3.63, 3.8) is 0 Å². The number of likely N-dealkylation sites (N-methyl/N-ethyl adjacent to an activating group) is 1. The molecule has 1 amide bonds. The van der Waals surface area contributed by atoms with Crippen molar-refractivity contribution in [2.75, 3.05) is 46.9 Å². The first kappa shape index (κ1) is 19.6. The highest BCUT2D eigenvalue weighted by Gasteiger charge is 2.24. The number of carbonyl (C=O) groups excluding carboxylic acids is 1. The fraction of sp³-hybridized carbons (Fsp3) is 0.929. The molecule has 0 aromatic rings. The van der Waals surface area contributed by atoms with Gasteiger partial charge in [-0.3, -0.25) is 4.79 Å². The lowest BCUT2D eigenvalue weighted by Gasteiger charge is -2.27. The van der Waals surface area contributed by atoms with E-state index in [1.165, 1.54) is 0 Å². The minimum atomic E-state index is 0. The zero-order valence-electron chi connectivity index (χ0n) is 13.0. The van der Waals surface area contributed by atoms with Crippen molar-refractivity contribution in [1.29, 1.82) is 0 Å². The first-order valence-corrected chi connectivity index (χ1v) is 7.32. The number of hydrogen-bond donors (Lipinski definition) is 2. The van der Waals surface area contributed by atoms with Crippen LogP contribution in [0.1, 0.15) is 26.2 Å². The van der Waals surface area contributed by atoms with Gasteiger partial charge in [-0.25, -0.2) is 0 Å². The zero-order valence-corrected chi connectivity index (χ0v) is 13.8. The quantitative estimate of drug-likeness (QED) is 0.654. The lowest BCUT2D eigenvalue weighted by atomic mass is 9.92. The average molecular weight is 308 g/mol. The third-order valence-corrected chi connectivity index (χ3v) is 3.69. The van der Waals surface area contributed by atoms with Crippen LogP contribution in [0.2, 0.25) is 0 Å². The van der Waals surface area contributed by atoms with E-state index < -0.39 is 0 Å². The van der Waals surface area contributed by atoms with Crippen LogP contribution in [-0.2, 0) is 9.53 Å². The van der Waals surface area contributed by atoms with Gasteiger partial charge in [0.05, 0.1) is 6.61 Å². The first-order valence-electron chi connectivity index (χ1n) is 7.32. The predicted octanol–water partition coefficient (Wildman–Crippen LogP) is 0.881. The summed E-state index contributed by atoms with van der Waals surface area (Å²) in [6, 6.07) is 0.463. The predicted molar refractivity (Wildman–Crippen MR) is 84.4 cm³/mol. The van der Waals surface area contributed by atoms with Crippen molar-refractivity contribution in [3.8, 4) is 0 Å². The molecule has 0 aliphatic carbocycles. The molecule has 6 heteroatoms. The van der Waals surface area contributed by atoms with Crippen LogP contribution >= 0.6 is 12.4 Å². The summed E-state index contributed by atoms with van der Waals surface area (Å²) in [6.07, 6.45) is 2.91. The largest absolute Gasteiger partial charge is 0.383 e. The number of ether oxygens (including phenoxy) is 1. The van der Waals surface area contributed by atoms with E-state index in [-0.39, 0.29) is 24.2 Å². The van der Waals surface area contributed by atoms with Gasteiger partial charge in [-0.05, 0) is 46.3 Å². The van der Waals surface area contributed by atoms with Crippen LogP contribution in [0.25, 0.3) is 0 Å². The van der Waals surface area contributed by atoms with Crippen LogP contribution in [0.15, 0.2) is 0 Å². The molecule has 2 atom stereocenters. The molecule has 120 valence electrons. The Hall–Kier alpha value is -0.360. The van der Waals surface area contributed by atoms with Crippen LogP contribution in [0.3, 0.4) is 0 Å². The molecular formula is C14H30ClN3O2. The summed E-state index contributed by atoms with van der Waals surface area (Å²) in [5.41, 5.74) is 0. The van der Waals surface area contributed by atoms with Gasteiger partial charge in [-0.1, -0.05) is 0 Å². The SMILES string of the molecule is COCCN(C)CCCNC(=O)[C@H]1CCN[C@@H](C)C1.Cl. The van der Waals surface area contributed by atoms with Crippen LogP contribution in [0, 0.1) is 5.92 Å². The number of nitrogens with one attached hydrogen (secondary N) is 2. The second-order valence-electron chi connectivity index (χ2n) is 5.52. The average Bonchev–Trinajstić information content (AvgIpc) is 2.41. The third-order valence-electron chi connectivity index (χ3n) is 3.69. The normalized spacial score (nSPS) is 22.4. The second kappa shape index (κ2) is 11.3. The molecule has 0 radical (unpaired) electrons. The van der Waals surface area contributed by atoms with Crippen molar-refractivity contribution in [3.05, 3.63) is 0 Å². The van der Waals surface area contributed by atoms with E-state index in [1.807, 2.05) is 0 Å². The van der Waals surface area contributed by atoms with E-state index in [9.17, 15) is 4.79 Å². The Bertz CT molecular complexity index is 267. The lowest BCUT2D eigenvalue weighted by Crippen LogP contribution is -2.42.